The molecule has 1 heterocycles. The van der Waals surface area contributed by atoms with Crippen molar-refractivity contribution in [1.82, 2.24) is 4.98 Å². The third-order valence-corrected chi connectivity index (χ3v) is 6.96. The first kappa shape index (κ1) is 22.2. The lowest BCUT2D eigenvalue weighted by Crippen LogP contribution is -2.30. The van der Waals surface area contributed by atoms with Crippen molar-refractivity contribution in [3.05, 3.63) is 94.5 Å². The zero-order valence-electron chi connectivity index (χ0n) is 18.2. The van der Waals surface area contributed by atoms with Gasteiger partial charge in [0.1, 0.15) is 0 Å². The molecule has 0 saturated carbocycles. The SMILES string of the molecule is Cc1cc(C)c2nc(N(Cc3ccccc3)C(=O)c3cccc(CS(C)(=O)=O)c3)sc2c1. The molecule has 1 aromatic heterocycles. The summed E-state index contributed by atoms with van der Waals surface area (Å²) in [6.45, 7) is 4.44. The molecule has 7 heteroatoms. The van der Waals surface area contributed by atoms with Crippen LogP contribution in [0.2, 0.25) is 0 Å². The standard InChI is InChI=1S/C25H24N2O3S2/c1-17-12-18(2)23-22(13-17)31-25(26-23)27(15-19-8-5-4-6-9-19)24(28)21-11-7-10-20(14-21)16-32(3,29)30/h4-14H,15-16H2,1-3H3. The fourth-order valence-corrected chi connectivity index (χ4v) is 5.64. The van der Waals surface area contributed by atoms with E-state index in [2.05, 4.69) is 12.1 Å². The minimum Gasteiger partial charge on any atom is -0.279 e. The Morgan fingerprint density at radius 3 is 2.41 bits per heavy atom. The summed E-state index contributed by atoms with van der Waals surface area (Å²) in [4.78, 5) is 20.1. The van der Waals surface area contributed by atoms with Crippen molar-refractivity contribution in [3.63, 3.8) is 0 Å². The summed E-state index contributed by atoms with van der Waals surface area (Å²) >= 11 is 1.49. The number of fused-ring (bicyclic) bond motifs is 1. The molecule has 0 spiro atoms. The van der Waals surface area contributed by atoms with E-state index in [1.165, 1.54) is 17.6 Å². The molecule has 0 aliphatic carbocycles. The normalized spacial score (nSPS) is 11.6. The van der Waals surface area contributed by atoms with E-state index in [1.807, 2.05) is 44.2 Å². The van der Waals surface area contributed by atoms with Gasteiger partial charge >= 0.3 is 0 Å². The molecule has 0 atom stereocenters. The number of carbonyl (C=O) groups excluding carboxylic acids is 1. The molecule has 0 aliphatic heterocycles. The summed E-state index contributed by atoms with van der Waals surface area (Å²) < 4.78 is 24.5. The molecule has 164 valence electrons. The molecule has 0 fully saturated rings. The van der Waals surface area contributed by atoms with E-state index in [0.717, 1.165) is 26.9 Å². The Labute approximate surface area is 192 Å². The van der Waals surface area contributed by atoms with Gasteiger partial charge in [-0.15, -0.1) is 0 Å². The average molecular weight is 465 g/mol. The molecule has 0 unspecified atom stereocenters. The summed E-state index contributed by atoms with van der Waals surface area (Å²) in [6, 6.07) is 20.8. The number of thiazole rings is 1. The average Bonchev–Trinajstić information content (AvgIpc) is 3.15. The summed E-state index contributed by atoms with van der Waals surface area (Å²) in [7, 11) is -3.20. The highest BCUT2D eigenvalue weighted by Crippen LogP contribution is 2.33. The smallest absolute Gasteiger partial charge is 0.260 e. The second-order valence-electron chi connectivity index (χ2n) is 8.07. The van der Waals surface area contributed by atoms with E-state index in [0.29, 0.717) is 22.8 Å². The molecule has 0 radical (unpaired) electrons. The number of aryl methyl sites for hydroxylation is 2. The number of benzene rings is 3. The largest absolute Gasteiger partial charge is 0.279 e. The summed E-state index contributed by atoms with van der Waals surface area (Å²) in [5.41, 5.74) is 5.14. The second-order valence-corrected chi connectivity index (χ2v) is 11.2. The molecule has 4 rings (SSSR count). The predicted octanol–water partition coefficient (Wildman–Crippen LogP) is 5.30. The van der Waals surface area contributed by atoms with Crippen molar-refractivity contribution in [2.75, 3.05) is 11.2 Å². The van der Waals surface area contributed by atoms with E-state index in [4.69, 9.17) is 4.98 Å². The number of rotatable bonds is 6. The molecule has 0 aliphatic rings. The number of anilines is 1. The van der Waals surface area contributed by atoms with Gasteiger partial charge in [0.15, 0.2) is 15.0 Å². The van der Waals surface area contributed by atoms with Crippen LogP contribution in [0.1, 0.15) is 32.6 Å². The molecule has 5 nitrogen and oxygen atoms in total. The Kier molecular flexibility index (Phi) is 6.13. The van der Waals surface area contributed by atoms with Crippen LogP contribution >= 0.6 is 11.3 Å². The van der Waals surface area contributed by atoms with Crippen molar-refractivity contribution in [3.8, 4) is 0 Å². The molecule has 0 saturated heterocycles. The van der Waals surface area contributed by atoms with Crippen LogP contribution in [0, 0.1) is 13.8 Å². The molecular weight excluding hydrogens is 440 g/mol. The zero-order valence-corrected chi connectivity index (χ0v) is 19.8. The van der Waals surface area contributed by atoms with Crippen LogP contribution in [0.15, 0.2) is 66.7 Å². The van der Waals surface area contributed by atoms with Gasteiger partial charge in [0.25, 0.3) is 5.91 Å². The quantitative estimate of drug-likeness (QED) is 0.388. The number of sulfone groups is 1. The van der Waals surface area contributed by atoms with Crippen molar-refractivity contribution in [2.24, 2.45) is 0 Å². The van der Waals surface area contributed by atoms with Crippen molar-refractivity contribution in [1.29, 1.82) is 0 Å². The van der Waals surface area contributed by atoms with Gasteiger partial charge in [-0.1, -0.05) is 59.9 Å². The lowest BCUT2D eigenvalue weighted by molar-refractivity contribution is 0.0985. The minimum atomic E-state index is -3.20. The number of nitrogens with zero attached hydrogens (tertiary/aromatic N) is 2. The van der Waals surface area contributed by atoms with E-state index < -0.39 is 9.84 Å². The Balaban J connectivity index is 1.77. The number of carbonyl (C=O) groups is 1. The van der Waals surface area contributed by atoms with Crippen LogP contribution in [0.25, 0.3) is 10.2 Å². The summed E-state index contributed by atoms with van der Waals surface area (Å²) in [6.07, 6.45) is 1.19. The predicted molar refractivity (Wildman–Crippen MR) is 131 cm³/mol. The maximum absolute atomic E-state index is 13.6. The molecule has 0 bridgehead atoms. The van der Waals surface area contributed by atoms with E-state index in [9.17, 15) is 13.2 Å². The van der Waals surface area contributed by atoms with Gasteiger partial charge in [-0.2, -0.15) is 0 Å². The van der Waals surface area contributed by atoms with Crippen molar-refractivity contribution in [2.45, 2.75) is 26.1 Å². The van der Waals surface area contributed by atoms with Crippen LogP contribution in [-0.2, 0) is 22.1 Å². The molecular formula is C25H24N2O3S2. The van der Waals surface area contributed by atoms with Gasteiger partial charge in [0, 0.05) is 11.8 Å². The number of hydrogen-bond donors (Lipinski definition) is 0. The molecule has 0 N–H and O–H groups in total. The fourth-order valence-electron chi connectivity index (χ4n) is 3.72. The first-order valence-corrected chi connectivity index (χ1v) is 13.1. The van der Waals surface area contributed by atoms with Gasteiger partial charge in [0.05, 0.1) is 22.5 Å². The third kappa shape index (κ3) is 5.06. The molecule has 4 aromatic rings. The highest BCUT2D eigenvalue weighted by Gasteiger charge is 2.23. The van der Waals surface area contributed by atoms with Gasteiger partial charge in [-0.3, -0.25) is 9.69 Å². The van der Waals surface area contributed by atoms with Crippen molar-refractivity contribution >= 4 is 42.4 Å². The van der Waals surface area contributed by atoms with Gasteiger partial charge in [-0.25, -0.2) is 13.4 Å². The first-order chi connectivity index (χ1) is 15.2. The lowest BCUT2D eigenvalue weighted by atomic mass is 10.1. The molecule has 1 amide bonds. The monoisotopic (exact) mass is 464 g/mol. The maximum Gasteiger partial charge on any atom is 0.260 e. The highest BCUT2D eigenvalue weighted by molar-refractivity contribution is 7.89. The highest BCUT2D eigenvalue weighted by atomic mass is 32.2. The van der Waals surface area contributed by atoms with E-state index in [-0.39, 0.29) is 11.7 Å². The molecule has 32 heavy (non-hydrogen) atoms. The van der Waals surface area contributed by atoms with Crippen LogP contribution in [0.3, 0.4) is 0 Å². The number of hydrogen-bond acceptors (Lipinski definition) is 5. The summed E-state index contributed by atoms with van der Waals surface area (Å²) in [5.74, 6) is -0.315. The van der Waals surface area contributed by atoms with E-state index in [1.54, 1.807) is 29.2 Å². The van der Waals surface area contributed by atoms with Crippen LogP contribution in [0.5, 0.6) is 0 Å². The van der Waals surface area contributed by atoms with Crippen LogP contribution < -0.4 is 4.90 Å². The van der Waals surface area contributed by atoms with Crippen LogP contribution in [0.4, 0.5) is 5.13 Å². The minimum absolute atomic E-state index is 0.105. The Hall–Kier alpha value is -3.03. The lowest BCUT2D eigenvalue weighted by Gasteiger charge is -2.20. The maximum atomic E-state index is 13.6. The molecule has 3 aromatic carbocycles. The zero-order chi connectivity index (χ0) is 22.9. The topological polar surface area (TPSA) is 67.3 Å². The van der Waals surface area contributed by atoms with Gasteiger partial charge in [-0.05, 0) is 54.3 Å². The Morgan fingerprint density at radius 2 is 1.69 bits per heavy atom. The summed E-state index contributed by atoms with van der Waals surface area (Å²) in [5, 5.41) is 0.621. The third-order valence-electron chi connectivity index (χ3n) is 5.08. The van der Waals surface area contributed by atoms with Gasteiger partial charge < -0.3 is 0 Å². The Bertz CT molecular complexity index is 1390. The second kappa shape index (κ2) is 8.84. The number of aromatic nitrogens is 1. The van der Waals surface area contributed by atoms with Crippen molar-refractivity contribution < 1.29 is 13.2 Å². The Morgan fingerprint density at radius 1 is 0.969 bits per heavy atom. The van der Waals surface area contributed by atoms with Gasteiger partial charge in [0.2, 0.25) is 0 Å². The number of amides is 1. The van der Waals surface area contributed by atoms with Crippen LogP contribution in [-0.4, -0.2) is 25.6 Å². The fraction of sp³-hybridized carbons (Fsp3) is 0.200. The van der Waals surface area contributed by atoms with E-state index >= 15 is 0 Å². The first-order valence-electron chi connectivity index (χ1n) is 10.2.